The molecule has 0 bridgehead atoms. The van der Waals surface area contributed by atoms with E-state index in [-0.39, 0.29) is 5.54 Å². The van der Waals surface area contributed by atoms with Crippen molar-refractivity contribution in [3.63, 3.8) is 0 Å². The first-order valence-electron chi connectivity index (χ1n) is 7.55. The number of fused-ring (bicyclic) bond motifs is 1. The number of nitrogens with one attached hydrogen (secondary N) is 1. The fourth-order valence-electron chi connectivity index (χ4n) is 2.82. The molecule has 1 aliphatic carbocycles. The summed E-state index contributed by atoms with van der Waals surface area (Å²) in [6.07, 6.45) is 9.67. The van der Waals surface area contributed by atoms with Gasteiger partial charge in [0.25, 0.3) is 0 Å². The molecule has 19 heavy (non-hydrogen) atoms. The third kappa shape index (κ3) is 3.06. The summed E-state index contributed by atoms with van der Waals surface area (Å²) in [6, 6.07) is 0. The molecule has 0 saturated carbocycles. The zero-order valence-electron chi connectivity index (χ0n) is 12.2. The molecule has 1 heterocycles. The van der Waals surface area contributed by atoms with E-state index >= 15 is 0 Å². The molecule has 0 aliphatic heterocycles. The number of aryl methyl sites for hydroxylation is 1. The molecule has 2 rings (SSSR count). The van der Waals surface area contributed by atoms with Gasteiger partial charge >= 0.3 is 0 Å². The highest BCUT2D eigenvalue weighted by molar-refractivity contribution is 5.48. The second-order valence-corrected chi connectivity index (χ2v) is 5.52. The fraction of sp³-hybridized carbons (Fsp3) is 0.733. The topological polar surface area (TPSA) is 63.8 Å². The van der Waals surface area contributed by atoms with Gasteiger partial charge in [-0.25, -0.2) is 9.97 Å². The summed E-state index contributed by atoms with van der Waals surface area (Å²) in [5, 5.41) is 3.62. The van der Waals surface area contributed by atoms with Gasteiger partial charge in [0.1, 0.15) is 12.1 Å². The van der Waals surface area contributed by atoms with Crippen molar-refractivity contribution in [3.8, 4) is 0 Å². The Morgan fingerprint density at radius 3 is 2.58 bits per heavy atom. The van der Waals surface area contributed by atoms with Gasteiger partial charge in [0.2, 0.25) is 0 Å². The molecule has 4 heteroatoms. The number of rotatable bonds is 5. The molecule has 1 aliphatic rings. The van der Waals surface area contributed by atoms with Crippen molar-refractivity contribution < 1.29 is 0 Å². The Bertz CT molecular complexity index is 404. The molecule has 0 radical (unpaired) electrons. The molecular formula is C15H26N4. The molecular weight excluding hydrogens is 236 g/mol. The lowest BCUT2D eigenvalue weighted by Crippen LogP contribution is -2.45. The molecule has 0 atom stereocenters. The van der Waals surface area contributed by atoms with Crippen molar-refractivity contribution in [3.05, 3.63) is 17.6 Å². The second-order valence-electron chi connectivity index (χ2n) is 5.52. The van der Waals surface area contributed by atoms with Crippen LogP contribution in [0.1, 0.15) is 57.2 Å². The van der Waals surface area contributed by atoms with E-state index in [0.29, 0.717) is 6.54 Å². The van der Waals surface area contributed by atoms with Gasteiger partial charge in [0.05, 0.1) is 5.54 Å². The van der Waals surface area contributed by atoms with Gasteiger partial charge in [-0.2, -0.15) is 0 Å². The van der Waals surface area contributed by atoms with Gasteiger partial charge < -0.3 is 11.1 Å². The monoisotopic (exact) mass is 262 g/mol. The van der Waals surface area contributed by atoms with E-state index in [1.165, 1.54) is 30.5 Å². The van der Waals surface area contributed by atoms with Crippen LogP contribution >= 0.6 is 0 Å². The maximum Gasteiger partial charge on any atom is 0.133 e. The molecule has 1 aromatic heterocycles. The number of nitrogens with two attached hydrogens (primary N) is 1. The van der Waals surface area contributed by atoms with E-state index in [2.05, 4.69) is 29.1 Å². The fourth-order valence-corrected chi connectivity index (χ4v) is 2.82. The van der Waals surface area contributed by atoms with E-state index in [1.54, 1.807) is 6.33 Å². The standard InChI is InChI=1S/C15H26N4/c1-3-15(4-2,10-16)19-14-12-8-6-5-7-9-13(12)17-11-18-14/h11H,3-10,16H2,1-2H3,(H,17,18,19). The first-order chi connectivity index (χ1) is 9.24. The number of hydrogen-bond donors (Lipinski definition) is 2. The summed E-state index contributed by atoms with van der Waals surface area (Å²) < 4.78 is 0. The Morgan fingerprint density at radius 2 is 1.89 bits per heavy atom. The normalized spacial score (nSPS) is 15.7. The average molecular weight is 262 g/mol. The molecule has 1 aromatic rings. The maximum absolute atomic E-state index is 5.98. The molecule has 0 fully saturated rings. The lowest BCUT2D eigenvalue weighted by Gasteiger charge is -2.33. The van der Waals surface area contributed by atoms with Gasteiger partial charge in [-0.05, 0) is 38.5 Å². The van der Waals surface area contributed by atoms with Crippen LogP contribution in [0.25, 0.3) is 0 Å². The third-order valence-electron chi connectivity index (χ3n) is 4.50. The zero-order valence-corrected chi connectivity index (χ0v) is 12.2. The molecule has 0 amide bonds. The van der Waals surface area contributed by atoms with Crippen molar-refractivity contribution >= 4 is 5.82 Å². The van der Waals surface area contributed by atoms with Gasteiger partial charge in [0, 0.05) is 17.8 Å². The SMILES string of the molecule is CCC(CC)(CN)Nc1ncnc2c1CCCCC2. The van der Waals surface area contributed by atoms with Crippen molar-refractivity contribution in [2.45, 2.75) is 64.3 Å². The van der Waals surface area contributed by atoms with Crippen molar-refractivity contribution in [2.75, 3.05) is 11.9 Å². The highest BCUT2D eigenvalue weighted by Crippen LogP contribution is 2.27. The van der Waals surface area contributed by atoms with Crippen LogP contribution in [-0.2, 0) is 12.8 Å². The van der Waals surface area contributed by atoms with Crippen LogP contribution in [0.2, 0.25) is 0 Å². The van der Waals surface area contributed by atoms with Gasteiger partial charge in [-0.15, -0.1) is 0 Å². The average Bonchev–Trinajstić information content (AvgIpc) is 2.71. The van der Waals surface area contributed by atoms with Crippen LogP contribution in [0, 0.1) is 0 Å². The van der Waals surface area contributed by atoms with Crippen molar-refractivity contribution in [1.29, 1.82) is 0 Å². The van der Waals surface area contributed by atoms with Crippen molar-refractivity contribution in [1.82, 2.24) is 9.97 Å². The molecule has 106 valence electrons. The third-order valence-corrected chi connectivity index (χ3v) is 4.50. The summed E-state index contributed by atoms with van der Waals surface area (Å²) in [6.45, 7) is 5.01. The minimum Gasteiger partial charge on any atom is -0.363 e. The van der Waals surface area contributed by atoms with Crippen LogP contribution < -0.4 is 11.1 Å². The van der Waals surface area contributed by atoms with Gasteiger partial charge in [-0.1, -0.05) is 20.3 Å². The Labute approximate surface area is 116 Å². The largest absolute Gasteiger partial charge is 0.363 e. The van der Waals surface area contributed by atoms with Crippen LogP contribution in [0.3, 0.4) is 0 Å². The zero-order chi connectivity index (χ0) is 13.7. The van der Waals surface area contributed by atoms with E-state index < -0.39 is 0 Å². The van der Waals surface area contributed by atoms with E-state index in [4.69, 9.17) is 5.73 Å². The van der Waals surface area contributed by atoms with Crippen LogP contribution in [0.15, 0.2) is 6.33 Å². The van der Waals surface area contributed by atoms with Crippen LogP contribution in [0.4, 0.5) is 5.82 Å². The van der Waals surface area contributed by atoms with E-state index in [9.17, 15) is 0 Å². The number of anilines is 1. The predicted octanol–water partition coefficient (Wildman–Crippen LogP) is 2.67. The Kier molecular flexibility index (Phi) is 4.75. The summed E-state index contributed by atoms with van der Waals surface area (Å²) in [5.74, 6) is 1.01. The number of aromatic nitrogens is 2. The lowest BCUT2D eigenvalue weighted by atomic mass is 9.92. The summed E-state index contributed by atoms with van der Waals surface area (Å²) in [4.78, 5) is 8.95. The highest BCUT2D eigenvalue weighted by atomic mass is 15.1. The quantitative estimate of drug-likeness (QED) is 0.801. The molecule has 4 nitrogen and oxygen atoms in total. The number of hydrogen-bond acceptors (Lipinski definition) is 4. The lowest BCUT2D eigenvalue weighted by molar-refractivity contribution is 0.443. The summed E-state index contributed by atoms with van der Waals surface area (Å²) in [5.41, 5.74) is 8.49. The maximum atomic E-state index is 5.98. The Hall–Kier alpha value is -1.16. The highest BCUT2D eigenvalue weighted by Gasteiger charge is 2.26. The molecule has 0 spiro atoms. The van der Waals surface area contributed by atoms with Crippen LogP contribution in [0.5, 0.6) is 0 Å². The first-order valence-corrected chi connectivity index (χ1v) is 7.55. The van der Waals surface area contributed by atoms with Gasteiger partial charge in [0.15, 0.2) is 0 Å². The second kappa shape index (κ2) is 6.33. The molecule has 0 saturated heterocycles. The minimum absolute atomic E-state index is 0.0333. The molecule has 3 N–H and O–H groups in total. The first kappa shape index (κ1) is 14.3. The molecule has 0 unspecified atom stereocenters. The summed E-state index contributed by atoms with van der Waals surface area (Å²) >= 11 is 0. The smallest absolute Gasteiger partial charge is 0.133 e. The predicted molar refractivity (Wildman–Crippen MR) is 79.3 cm³/mol. The van der Waals surface area contributed by atoms with Crippen molar-refractivity contribution in [2.24, 2.45) is 5.73 Å². The number of nitrogens with zero attached hydrogens (tertiary/aromatic N) is 2. The summed E-state index contributed by atoms with van der Waals surface area (Å²) in [7, 11) is 0. The van der Waals surface area contributed by atoms with E-state index in [0.717, 1.165) is 31.5 Å². The van der Waals surface area contributed by atoms with E-state index in [1.807, 2.05) is 0 Å². The van der Waals surface area contributed by atoms with Crippen LogP contribution in [-0.4, -0.2) is 22.1 Å². The Balaban J connectivity index is 2.30. The minimum atomic E-state index is -0.0333. The Morgan fingerprint density at radius 1 is 1.16 bits per heavy atom. The van der Waals surface area contributed by atoms with Gasteiger partial charge in [-0.3, -0.25) is 0 Å². The molecule has 0 aromatic carbocycles.